The topological polar surface area (TPSA) is 67.2 Å². The van der Waals surface area contributed by atoms with Crippen LogP contribution in [0, 0.1) is 5.41 Å². The van der Waals surface area contributed by atoms with Crippen molar-refractivity contribution in [2.75, 3.05) is 13.1 Å². The molecule has 2 heterocycles. The number of aryl methyl sites for hydroxylation is 1. The molecule has 136 valence electrons. The van der Waals surface area contributed by atoms with E-state index >= 15 is 0 Å². The molecule has 1 aromatic heterocycles. The lowest BCUT2D eigenvalue weighted by atomic mass is 9.92. The number of hydrogen-bond donors (Lipinski definition) is 1. The first-order valence-electron chi connectivity index (χ1n) is 9.30. The first kappa shape index (κ1) is 16.8. The van der Waals surface area contributed by atoms with Gasteiger partial charge in [0.15, 0.2) is 0 Å². The Labute approximate surface area is 153 Å². The van der Waals surface area contributed by atoms with E-state index in [0.29, 0.717) is 17.8 Å². The van der Waals surface area contributed by atoms with E-state index < -0.39 is 0 Å². The van der Waals surface area contributed by atoms with Crippen LogP contribution in [0.25, 0.3) is 0 Å². The predicted octanol–water partition coefficient (Wildman–Crippen LogP) is 2.33. The summed E-state index contributed by atoms with van der Waals surface area (Å²) in [7, 11) is 0. The third-order valence-corrected chi connectivity index (χ3v) is 5.81. The van der Waals surface area contributed by atoms with E-state index in [2.05, 4.69) is 10.4 Å². The van der Waals surface area contributed by atoms with E-state index in [0.717, 1.165) is 32.4 Å². The van der Waals surface area contributed by atoms with Crippen molar-refractivity contribution in [1.82, 2.24) is 20.0 Å². The Morgan fingerprint density at radius 1 is 1.19 bits per heavy atom. The number of hydrogen-bond acceptors (Lipinski definition) is 3. The minimum atomic E-state index is -0.00201. The Kier molecular flexibility index (Phi) is 4.26. The van der Waals surface area contributed by atoms with Crippen molar-refractivity contribution in [3.63, 3.8) is 0 Å². The molecule has 1 aromatic carbocycles. The molecule has 1 saturated heterocycles. The van der Waals surface area contributed by atoms with Crippen LogP contribution in [-0.2, 0) is 6.54 Å². The van der Waals surface area contributed by atoms with Crippen LogP contribution in [0.4, 0.5) is 0 Å². The molecule has 2 aliphatic rings. The van der Waals surface area contributed by atoms with Gasteiger partial charge in [0.05, 0.1) is 0 Å². The molecule has 1 aliphatic heterocycles. The van der Waals surface area contributed by atoms with Crippen LogP contribution in [0.3, 0.4) is 0 Å². The summed E-state index contributed by atoms with van der Waals surface area (Å²) in [6.45, 7) is 4.16. The first-order valence-corrected chi connectivity index (χ1v) is 9.30. The second-order valence-corrected chi connectivity index (χ2v) is 7.28. The molecule has 2 amide bonds. The number of rotatable bonds is 4. The van der Waals surface area contributed by atoms with Crippen molar-refractivity contribution >= 4 is 11.8 Å². The predicted molar refractivity (Wildman–Crippen MR) is 97.8 cm³/mol. The number of likely N-dealkylation sites (tertiary alicyclic amines) is 1. The molecule has 1 spiro atoms. The summed E-state index contributed by atoms with van der Waals surface area (Å²) in [5.41, 5.74) is 1.54. The molecule has 4 rings (SSSR count). The van der Waals surface area contributed by atoms with Crippen LogP contribution in [0.5, 0.6) is 0 Å². The number of nitrogens with zero attached hydrogens (tertiary/aromatic N) is 3. The zero-order valence-corrected chi connectivity index (χ0v) is 15.0. The van der Waals surface area contributed by atoms with Crippen molar-refractivity contribution < 1.29 is 9.59 Å². The summed E-state index contributed by atoms with van der Waals surface area (Å²) in [6, 6.07) is 11.4. The molecular formula is C20H24N4O2. The van der Waals surface area contributed by atoms with Gasteiger partial charge < -0.3 is 10.2 Å². The highest BCUT2D eigenvalue weighted by atomic mass is 16.2. The number of piperidine rings is 1. The van der Waals surface area contributed by atoms with Gasteiger partial charge >= 0.3 is 0 Å². The Hall–Kier alpha value is -2.63. The van der Waals surface area contributed by atoms with Crippen molar-refractivity contribution in [3.05, 3.63) is 53.9 Å². The normalized spacial score (nSPS) is 20.8. The van der Waals surface area contributed by atoms with Gasteiger partial charge in [-0.2, -0.15) is 5.10 Å². The summed E-state index contributed by atoms with van der Waals surface area (Å²) < 4.78 is 1.74. The van der Waals surface area contributed by atoms with Gasteiger partial charge in [-0.3, -0.25) is 14.3 Å². The fourth-order valence-electron chi connectivity index (χ4n) is 4.02. The molecular weight excluding hydrogens is 328 g/mol. The van der Waals surface area contributed by atoms with Gasteiger partial charge in [-0.1, -0.05) is 18.2 Å². The zero-order valence-electron chi connectivity index (χ0n) is 15.0. The fourth-order valence-corrected chi connectivity index (χ4v) is 4.02. The Morgan fingerprint density at radius 3 is 2.62 bits per heavy atom. The smallest absolute Gasteiger partial charge is 0.272 e. The second-order valence-electron chi connectivity index (χ2n) is 7.28. The standard InChI is InChI=1S/C20H24N4O2/c1-2-24-16(8-11-21-24)19(26)23-12-9-20(10-13-23)14-17(20)22-18(25)15-6-4-3-5-7-15/h3-8,11,17H,2,9-10,12-14H2,1H3,(H,22,25). The van der Waals surface area contributed by atoms with Crippen LogP contribution in [0.2, 0.25) is 0 Å². The van der Waals surface area contributed by atoms with E-state index in [9.17, 15) is 9.59 Å². The molecule has 2 aromatic rings. The molecule has 1 atom stereocenters. The van der Waals surface area contributed by atoms with Gasteiger partial charge in [-0.15, -0.1) is 0 Å². The average Bonchev–Trinajstić information content (AvgIpc) is 3.12. The van der Waals surface area contributed by atoms with Gasteiger partial charge in [0, 0.05) is 37.4 Å². The molecule has 1 saturated carbocycles. The van der Waals surface area contributed by atoms with Gasteiger partial charge in [0.1, 0.15) is 5.69 Å². The van der Waals surface area contributed by atoms with E-state index in [1.165, 1.54) is 0 Å². The van der Waals surface area contributed by atoms with Crippen molar-refractivity contribution in [2.24, 2.45) is 5.41 Å². The largest absolute Gasteiger partial charge is 0.349 e. The summed E-state index contributed by atoms with van der Waals surface area (Å²) in [5, 5.41) is 7.35. The highest BCUT2D eigenvalue weighted by molar-refractivity contribution is 5.94. The molecule has 26 heavy (non-hydrogen) atoms. The fraction of sp³-hybridized carbons (Fsp3) is 0.450. The van der Waals surface area contributed by atoms with Crippen molar-refractivity contribution in [1.29, 1.82) is 0 Å². The van der Waals surface area contributed by atoms with Gasteiger partial charge in [-0.05, 0) is 49.8 Å². The third-order valence-electron chi connectivity index (χ3n) is 5.81. The third kappa shape index (κ3) is 3.00. The molecule has 0 radical (unpaired) electrons. The summed E-state index contributed by atoms with van der Waals surface area (Å²) in [5.74, 6) is 0.0579. The van der Waals surface area contributed by atoms with Crippen LogP contribution >= 0.6 is 0 Å². The van der Waals surface area contributed by atoms with Gasteiger partial charge in [0.2, 0.25) is 0 Å². The molecule has 1 N–H and O–H groups in total. The number of carbonyl (C=O) groups excluding carboxylic acids is 2. The van der Waals surface area contributed by atoms with Crippen LogP contribution in [0.1, 0.15) is 47.0 Å². The SMILES string of the molecule is CCn1nccc1C(=O)N1CCC2(CC1)CC2NC(=O)c1ccccc1. The molecule has 1 aliphatic carbocycles. The quantitative estimate of drug-likeness (QED) is 0.918. The molecule has 1 unspecified atom stereocenters. The Balaban J connectivity index is 1.33. The number of carbonyl (C=O) groups is 2. The number of benzene rings is 1. The molecule has 6 heteroatoms. The lowest BCUT2D eigenvalue weighted by molar-refractivity contribution is 0.0655. The average molecular weight is 352 g/mol. The van der Waals surface area contributed by atoms with Gasteiger partial charge in [-0.25, -0.2) is 0 Å². The maximum absolute atomic E-state index is 12.7. The summed E-state index contributed by atoms with van der Waals surface area (Å²) in [4.78, 5) is 27.0. The van der Waals surface area contributed by atoms with Crippen LogP contribution < -0.4 is 5.32 Å². The molecule has 0 bridgehead atoms. The maximum Gasteiger partial charge on any atom is 0.272 e. The van der Waals surface area contributed by atoms with Gasteiger partial charge in [0.25, 0.3) is 11.8 Å². The number of nitrogens with one attached hydrogen (secondary N) is 1. The highest BCUT2D eigenvalue weighted by Gasteiger charge is 2.56. The summed E-state index contributed by atoms with van der Waals surface area (Å²) >= 11 is 0. The van der Waals surface area contributed by atoms with E-state index in [1.807, 2.05) is 42.2 Å². The first-order chi connectivity index (χ1) is 12.6. The van der Waals surface area contributed by atoms with Crippen molar-refractivity contribution in [2.45, 2.75) is 38.8 Å². The Morgan fingerprint density at radius 2 is 1.92 bits per heavy atom. The Bertz CT molecular complexity index is 806. The molecule has 2 fully saturated rings. The zero-order chi connectivity index (χ0) is 18.1. The van der Waals surface area contributed by atoms with E-state index in [1.54, 1.807) is 16.9 Å². The van der Waals surface area contributed by atoms with Crippen LogP contribution in [-0.4, -0.2) is 45.6 Å². The number of aromatic nitrogens is 2. The minimum absolute atomic E-state index is 0.00201. The number of amides is 2. The van der Waals surface area contributed by atoms with E-state index in [-0.39, 0.29) is 23.3 Å². The maximum atomic E-state index is 12.7. The van der Waals surface area contributed by atoms with Crippen LogP contribution in [0.15, 0.2) is 42.6 Å². The minimum Gasteiger partial charge on any atom is -0.349 e. The monoisotopic (exact) mass is 352 g/mol. The summed E-state index contributed by atoms with van der Waals surface area (Å²) in [6.07, 6.45) is 4.58. The van der Waals surface area contributed by atoms with E-state index in [4.69, 9.17) is 0 Å². The van der Waals surface area contributed by atoms with Crippen molar-refractivity contribution in [3.8, 4) is 0 Å². The lowest BCUT2D eigenvalue weighted by Gasteiger charge is -2.33. The second kappa shape index (κ2) is 6.59. The highest BCUT2D eigenvalue weighted by Crippen LogP contribution is 2.54. The molecule has 6 nitrogen and oxygen atoms in total. The lowest BCUT2D eigenvalue weighted by Crippen LogP contribution is -2.42.